The summed E-state index contributed by atoms with van der Waals surface area (Å²) in [6.45, 7) is 0. The average Bonchev–Trinajstić information content (AvgIpc) is 2.77. The van der Waals surface area contributed by atoms with Crippen molar-refractivity contribution >= 4 is 18.4 Å². The molecule has 1 aromatic carbocycles. The summed E-state index contributed by atoms with van der Waals surface area (Å²) in [6, 6.07) is 6.25. The number of carbonyl (C=O) groups is 1. The highest BCUT2D eigenvalue weighted by atomic mass is 35.5. The highest BCUT2D eigenvalue weighted by Crippen LogP contribution is 2.46. The van der Waals surface area contributed by atoms with Gasteiger partial charge in [-0.3, -0.25) is 0 Å². The third-order valence-electron chi connectivity index (χ3n) is 3.24. The highest BCUT2D eigenvalue weighted by molar-refractivity contribution is 5.90. The molecule has 80 valence electrons. The van der Waals surface area contributed by atoms with Crippen molar-refractivity contribution < 1.29 is 9.90 Å². The van der Waals surface area contributed by atoms with Crippen LogP contribution in [-0.4, -0.2) is 11.1 Å². The first-order chi connectivity index (χ1) is 6.77. The normalized spacial score (nSPS) is 25.9. The van der Waals surface area contributed by atoms with Gasteiger partial charge >= 0.3 is 5.97 Å². The molecule has 0 spiro atoms. The maximum absolute atomic E-state index is 11.0. The molecule has 15 heavy (non-hydrogen) atoms. The number of carboxylic acids is 1. The Kier molecular flexibility index (Phi) is 2.44. The van der Waals surface area contributed by atoms with E-state index < -0.39 is 5.97 Å². The van der Waals surface area contributed by atoms with Crippen LogP contribution in [0.1, 0.15) is 46.4 Å². The fourth-order valence-electron chi connectivity index (χ4n) is 2.68. The molecule has 1 saturated heterocycles. The van der Waals surface area contributed by atoms with Crippen LogP contribution in [0.5, 0.6) is 0 Å². The zero-order valence-corrected chi connectivity index (χ0v) is 8.88. The zero-order valence-electron chi connectivity index (χ0n) is 8.06. The van der Waals surface area contributed by atoms with Gasteiger partial charge in [0.2, 0.25) is 0 Å². The van der Waals surface area contributed by atoms with Crippen molar-refractivity contribution in [3.05, 3.63) is 34.9 Å². The molecule has 2 atom stereocenters. The van der Waals surface area contributed by atoms with Gasteiger partial charge in [-0.15, -0.1) is 12.4 Å². The maximum Gasteiger partial charge on any atom is 0.336 e. The maximum atomic E-state index is 11.0. The Morgan fingerprint density at radius 3 is 2.80 bits per heavy atom. The minimum Gasteiger partial charge on any atom is -0.478 e. The van der Waals surface area contributed by atoms with E-state index in [0.717, 1.165) is 18.4 Å². The summed E-state index contributed by atoms with van der Waals surface area (Å²) in [6.07, 6.45) is 2.21. The molecule has 0 amide bonds. The van der Waals surface area contributed by atoms with Crippen molar-refractivity contribution in [2.24, 2.45) is 0 Å². The zero-order chi connectivity index (χ0) is 9.71. The van der Waals surface area contributed by atoms with Crippen LogP contribution in [0.4, 0.5) is 0 Å². The largest absolute Gasteiger partial charge is 0.478 e. The van der Waals surface area contributed by atoms with Crippen LogP contribution in [0.2, 0.25) is 0 Å². The van der Waals surface area contributed by atoms with Crippen LogP contribution in [0.3, 0.4) is 0 Å². The fourth-order valence-corrected chi connectivity index (χ4v) is 2.68. The monoisotopic (exact) mass is 225 g/mol. The van der Waals surface area contributed by atoms with Gasteiger partial charge < -0.3 is 10.4 Å². The van der Waals surface area contributed by atoms with Crippen molar-refractivity contribution in [1.82, 2.24) is 5.32 Å². The molecule has 1 aromatic rings. The molecule has 3 nitrogen and oxygen atoms in total. The van der Waals surface area contributed by atoms with Crippen LogP contribution >= 0.6 is 12.4 Å². The summed E-state index contributed by atoms with van der Waals surface area (Å²) in [5.74, 6) is -0.809. The molecule has 2 aliphatic rings. The van der Waals surface area contributed by atoms with Crippen molar-refractivity contribution in [2.45, 2.75) is 24.9 Å². The fraction of sp³-hybridized carbons (Fsp3) is 0.364. The Balaban J connectivity index is 0.000000853. The Morgan fingerprint density at radius 2 is 2.07 bits per heavy atom. The Morgan fingerprint density at radius 1 is 1.33 bits per heavy atom. The van der Waals surface area contributed by atoms with Gasteiger partial charge in [0.15, 0.2) is 0 Å². The number of fused-ring (bicyclic) bond motifs is 5. The predicted octanol–water partition coefficient (Wildman–Crippen LogP) is 2.29. The second kappa shape index (κ2) is 3.51. The molecule has 2 heterocycles. The van der Waals surface area contributed by atoms with Gasteiger partial charge in [-0.05, 0) is 30.0 Å². The molecule has 2 unspecified atom stereocenters. The first-order valence-corrected chi connectivity index (χ1v) is 4.89. The number of rotatable bonds is 1. The smallest absolute Gasteiger partial charge is 0.336 e. The number of carboxylic acid groups (broad SMARTS) is 1. The molecule has 0 aliphatic carbocycles. The molecule has 1 fully saturated rings. The average molecular weight is 226 g/mol. The lowest BCUT2D eigenvalue weighted by Crippen LogP contribution is -2.09. The van der Waals surface area contributed by atoms with E-state index >= 15 is 0 Å². The quantitative estimate of drug-likeness (QED) is 0.771. The van der Waals surface area contributed by atoms with E-state index in [2.05, 4.69) is 5.32 Å². The summed E-state index contributed by atoms with van der Waals surface area (Å²) < 4.78 is 0. The minimum absolute atomic E-state index is 0. The van der Waals surface area contributed by atoms with Crippen molar-refractivity contribution in [2.75, 3.05) is 0 Å². The summed E-state index contributed by atoms with van der Waals surface area (Å²) >= 11 is 0. The van der Waals surface area contributed by atoms with Gasteiger partial charge in [0.05, 0.1) is 5.56 Å². The Bertz CT molecular complexity index is 419. The van der Waals surface area contributed by atoms with E-state index in [1.165, 1.54) is 5.56 Å². The first kappa shape index (κ1) is 10.5. The van der Waals surface area contributed by atoms with Crippen LogP contribution in [0.15, 0.2) is 18.2 Å². The molecule has 2 aliphatic heterocycles. The van der Waals surface area contributed by atoms with Crippen molar-refractivity contribution in [3.8, 4) is 0 Å². The number of halogens is 1. The number of hydrogen-bond acceptors (Lipinski definition) is 2. The Labute approximate surface area is 93.9 Å². The number of nitrogens with one attached hydrogen (secondary N) is 1. The second-order valence-electron chi connectivity index (χ2n) is 3.96. The topological polar surface area (TPSA) is 49.3 Å². The van der Waals surface area contributed by atoms with Gasteiger partial charge in [0.25, 0.3) is 0 Å². The van der Waals surface area contributed by atoms with E-state index in [1.807, 2.05) is 12.1 Å². The SMILES string of the molecule is Cl.O=C(O)c1cccc2c1C1CCC2N1. The van der Waals surface area contributed by atoms with E-state index in [4.69, 9.17) is 5.11 Å². The second-order valence-corrected chi connectivity index (χ2v) is 3.96. The minimum atomic E-state index is -0.809. The molecule has 3 rings (SSSR count). The van der Waals surface area contributed by atoms with Crippen molar-refractivity contribution in [1.29, 1.82) is 0 Å². The van der Waals surface area contributed by atoms with Gasteiger partial charge in [0, 0.05) is 12.1 Å². The van der Waals surface area contributed by atoms with Gasteiger partial charge in [-0.2, -0.15) is 0 Å². The van der Waals surface area contributed by atoms with Crippen LogP contribution < -0.4 is 5.32 Å². The van der Waals surface area contributed by atoms with E-state index in [-0.39, 0.29) is 18.4 Å². The standard InChI is InChI=1S/C11H11NO2.ClH/c13-11(14)7-3-1-2-6-8-4-5-9(12-8)10(6)7;/h1-3,8-9,12H,4-5H2,(H,13,14);1H. The molecular formula is C11H12ClNO2. The lowest BCUT2D eigenvalue weighted by atomic mass is 9.88. The van der Waals surface area contributed by atoms with E-state index in [0.29, 0.717) is 11.6 Å². The summed E-state index contributed by atoms with van der Waals surface area (Å²) in [4.78, 5) is 11.0. The lowest BCUT2D eigenvalue weighted by Gasteiger charge is -2.14. The molecule has 0 saturated carbocycles. The Hall–Kier alpha value is -1.06. The molecule has 2 N–H and O–H groups in total. The summed E-state index contributed by atoms with van der Waals surface area (Å²) in [7, 11) is 0. The van der Waals surface area contributed by atoms with Crippen LogP contribution in [0, 0.1) is 0 Å². The predicted molar refractivity (Wildman–Crippen MR) is 58.5 cm³/mol. The van der Waals surface area contributed by atoms with Crippen LogP contribution in [-0.2, 0) is 0 Å². The van der Waals surface area contributed by atoms with Gasteiger partial charge in [0.1, 0.15) is 0 Å². The summed E-state index contributed by atoms with van der Waals surface area (Å²) in [5.41, 5.74) is 2.69. The van der Waals surface area contributed by atoms with Crippen molar-refractivity contribution in [3.63, 3.8) is 0 Å². The van der Waals surface area contributed by atoms with Crippen LogP contribution in [0.25, 0.3) is 0 Å². The van der Waals surface area contributed by atoms with Gasteiger partial charge in [-0.25, -0.2) is 4.79 Å². The number of benzene rings is 1. The molecule has 2 bridgehead atoms. The van der Waals surface area contributed by atoms with E-state index in [9.17, 15) is 4.79 Å². The third kappa shape index (κ3) is 1.34. The molecule has 0 aromatic heterocycles. The van der Waals surface area contributed by atoms with Gasteiger partial charge in [-0.1, -0.05) is 12.1 Å². The number of hydrogen-bond donors (Lipinski definition) is 2. The molecule has 0 radical (unpaired) electrons. The molecule has 4 heteroatoms. The number of aromatic carboxylic acids is 1. The third-order valence-corrected chi connectivity index (χ3v) is 3.24. The first-order valence-electron chi connectivity index (χ1n) is 4.89. The lowest BCUT2D eigenvalue weighted by molar-refractivity contribution is 0.0695. The summed E-state index contributed by atoms with van der Waals surface area (Å²) in [5, 5.41) is 12.5. The van der Waals surface area contributed by atoms with E-state index in [1.54, 1.807) is 6.07 Å². The highest BCUT2D eigenvalue weighted by Gasteiger charge is 2.38. The molecular weight excluding hydrogens is 214 g/mol.